The van der Waals surface area contributed by atoms with Crippen molar-refractivity contribution in [3.8, 4) is 0 Å². The SMILES string of the molecule is NC1(c2cccc(Cl)c2Cl)CCOCC1. The van der Waals surface area contributed by atoms with E-state index in [2.05, 4.69) is 0 Å². The highest BCUT2D eigenvalue weighted by atomic mass is 35.5. The number of rotatable bonds is 1. The summed E-state index contributed by atoms with van der Waals surface area (Å²) in [5, 5.41) is 1.13. The van der Waals surface area contributed by atoms with Gasteiger partial charge < -0.3 is 10.5 Å². The van der Waals surface area contributed by atoms with Crippen molar-refractivity contribution in [2.24, 2.45) is 5.73 Å². The zero-order valence-corrected chi connectivity index (χ0v) is 9.81. The van der Waals surface area contributed by atoms with Crippen LogP contribution in [0.3, 0.4) is 0 Å². The molecule has 2 nitrogen and oxygen atoms in total. The van der Waals surface area contributed by atoms with Gasteiger partial charge in [0.25, 0.3) is 0 Å². The fraction of sp³-hybridized carbons (Fsp3) is 0.455. The molecule has 4 heteroatoms. The fourth-order valence-electron chi connectivity index (χ4n) is 1.89. The Kier molecular flexibility index (Phi) is 3.21. The molecular formula is C11H13Cl2NO. The van der Waals surface area contributed by atoms with Gasteiger partial charge in [0.1, 0.15) is 0 Å². The zero-order chi connectivity index (χ0) is 10.9. The Bertz CT molecular complexity index is 362. The summed E-state index contributed by atoms with van der Waals surface area (Å²) in [7, 11) is 0. The first-order valence-corrected chi connectivity index (χ1v) is 5.70. The van der Waals surface area contributed by atoms with E-state index in [0.29, 0.717) is 23.3 Å². The van der Waals surface area contributed by atoms with Crippen LogP contribution in [0.25, 0.3) is 0 Å². The third-order valence-electron chi connectivity index (χ3n) is 2.87. The van der Waals surface area contributed by atoms with Gasteiger partial charge in [0.15, 0.2) is 0 Å². The summed E-state index contributed by atoms with van der Waals surface area (Å²) in [5.41, 5.74) is 6.87. The summed E-state index contributed by atoms with van der Waals surface area (Å²) in [6.45, 7) is 1.36. The molecule has 1 aromatic rings. The molecule has 15 heavy (non-hydrogen) atoms. The second-order valence-corrected chi connectivity index (χ2v) is 4.66. The van der Waals surface area contributed by atoms with E-state index >= 15 is 0 Å². The Labute approximate surface area is 99.3 Å². The molecule has 0 aromatic heterocycles. The van der Waals surface area contributed by atoms with Gasteiger partial charge in [0.05, 0.1) is 10.0 Å². The lowest BCUT2D eigenvalue weighted by Gasteiger charge is -2.34. The van der Waals surface area contributed by atoms with E-state index in [4.69, 9.17) is 33.7 Å². The van der Waals surface area contributed by atoms with Crippen LogP contribution in [-0.2, 0) is 10.3 Å². The van der Waals surface area contributed by atoms with Crippen LogP contribution >= 0.6 is 23.2 Å². The van der Waals surface area contributed by atoms with Crippen LogP contribution in [0.2, 0.25) is 10.0 Å². The topological polar surface area (TPSA) is 35.2 Å². The van der Waals surface area contributed by atoms with Crippen LogP contribution in [0.4, 0.5) is 0 Å². The van der Waals surface area contributed by atoms with Crippen molar-refractivity contribution < 1.29 is 4.74 Å². The van der Waals surface area contributed by atoms with Crippen LogP contribution in [0.15, 0.2) is 18.2 Å². The lowest BCUT2D eigenvalue weighted by Crippen LogP contribution is -2.42. The molecule has 1 saturated heterocycles. The van der Waals surface area contributed by atoms with E-state index in [1.807, 2.05) is 12.1 Å². The van der Waals surface area contributed by atoms with Crippen LogP contribution in [0.1, 0.15) is 18.4 Å². The summed E-state index contributed by atoms with van der Waals surface area (Å²) in [6.07, 6.45) is 1.57. The zero-order valence-electron chi connectivity index (χ0n) is 8.30. The van der Waals surface area contributed by atoms with Crippen molar-refractivity contribution in [3.05, 3.63) is 33.8 Å². The first-order chi connectivity index (χ1) is 7.13. The maximum Gasteiger partial charge on any atom is 0.0642 e. The van der Waals surface area contributed by atoms with Gasteiger partial charge in [-0.05, 0) is 24.5 Å². The number of halogens is 2. The molecule has 0 saturated carbocycles. The quantitative estimate of drug-likeness (QED) is 0.826. The molecular weight excluding hydrogens is 233 g/mol. The van der Waals surface area contributed by atoms with E-state index in [1.165, 1.54) is 0 Å². The van der Waals surface area contributed by atoms with Crippen molar-refractivity contribution in [3.63, 3.8) is 0 Å². The van der Waals surface area contributed by atoms with Gasteiger partial charge in [-0.3, -0.25) is 0 Å². The molecule has 1 aliphatic heterocycles. The number of hydrogen-bond donors (Lipinski definition) is 1. The van der Waals surface area contributed by atoms with Crippen molar-refractivity contribution in [2.45, 2.75) is 18.4 Å². The summed E-state index contributed by atoms with van der Waals surface area (Å²) in [5.74, 6) is 0. The van der Waals surface area contributed by atoms with Crippen molar-refractivity contribution in [1.29, 1.82) is 0 Å². The molecule has 2 N–H and O–H groups in total. The minimum atomic E-state index is -0.389. The Balaban J connectivity index is 2.39. The lowest BCUT2D eigenvalue weighted by atomic mass is 9.84. The highest BCUT2D eigenvalue weighted by molar-refractivity contribution is 6.42. The minimum Gasteiger partial charge on any atom is -0.381 e. The van der Waals surface area contributed by atoms with Crippen LogP contribution in [-0.4, -0.2) is 13.2 Å². The second-order valence-electron chi connectivity index (χ2n) is 3.87. The third-order valence-corrected chi connectivity index (χ3v) is 3.69. The number of ether oxygens (including phenoxy) is 1. The molecule has 82 valence electrons. The largest absolute Gasteiger partial charge is 0.381 e. The average Bonchev–Trinajstić information content (AvgIpc) is 2.23. The highest BCUT2D eigenvalue weighted by Gasteiger charge is 2.32. The van der Waals surface area contributed by atoms with Crippen molar-refractivity contribution >= 4 is 23.2 Å². The standard InChI is InChI=1S/C11H13Cl2NO/c12-9-3-1-2-8(10(9)13)11(14)4-6-15-7-5-11/h1-3H,4-7,14H2. The lowest BCUT2D eigenvalue weighted by molar-refractivity contribution is 0.0523. The molecule has 1 aliphatic rings. The molecule has 1 heterocycles. The predicted molar refractivity (Wildman–Crippen MR) is 62.4 cm³/mol. The minimum absolute atomic E-state index is 0.389. The molecule has 0 radical (unpaired) electrons. The summed E-state index contributed by atoms with van der Waals surface area (Å²) < 4.78 is 5.30. The summed E-state index contributed by atoms with van der Waals surface area (Å²) in [6, 6.07) is 5.60. The molecule has 1 aromatic carbocycles. The van der Waals surface area contributed by atoms with Gasteiger partial charge in [-0.1, -0.05) is 35.3 Å². The van der Waals surface area contributed by atoms with Crippen molar-refractivity contribution in [1.82, 2.24) is 0 Å². The highest BCUT2D eigenvalue weighted by Crippen LogP contribution is 2.37. The normalized spacial score (nSPS) is 20.2. The molecule has 0 atom stereocenters. The van der Waals surface area contributed by atoms with E-state index in [-0.39, 0.29) is 5.54 Å². The smallest absolute Gasteiger partial charge is 0.0642 e. The van der Waals surface area contributed by atoms with Gasteiger partial charge in [-0.25, -0.2) is 0 Å². The van der Waals surface area contributed by atoms with Gasteiger partial charge in [-0.2, -0.15) is 0 Å². The third kappa shape index (κ3) is 2.13. The Morgan fingerprint density at radius 1 is 1.20 bits per heavy atom. The van der Waals surface area contributed by atoms with Gasteiger partial charge in [0, 0.05) is 18.8 Å². The Morgan fingerprint density at radius 3 is 2.53 bits per heavy atom. The first kappa shape index (κ1) is 11.2. The van der Waals surface area contributed by atoms with Gasteiger partial charge in [0.2, 0.25) is 0 Å². The van der Waals surface area contributed by atoms with E-state index in [9.17, 15) is 0 Å². The van der Waals surface area contributed by atoms with E-state index < -0.39 is 0 Å². The number of benzene rings is 1. The fourth-order valence-corrected chi connectivity index (χ4v) is 2.38. The first-order valence-electron chi connectivity index (χ1n) is 4.95. The molecule has 0 spiro atoms. The van der Waals surface area contributed by atoms with Gasteiger partial charge in [-0.15, -0.1) is 0 Å². The Morgan fingerprint density at radius 2 is 1.87 bits per heavy atom. The molecule has 0 bridgehead atoms. The summed E-state index contributed by atoms with van der Waals surface area (Å²) in [4.78, 5) is 0. The Hall–Kier alpha value is -0.280. The number of nitrogens with two attached hydrogens (primary N) is 1. The average molecular weight is 246 g/mol. The van der Waals surface area contributed by atoms with Crippen LogP contribution < -0.4 is 5.73 Å². The van der Waals surface area contributed by atoms with Crippen LogP contribution in [0, 0.1) is 0 Å². The summed E-state index contributed by atoms with van der Waals surface area (Å²) >= 11 is 12.1. The second kappa shape index (κ2) is 4.30. The van der Waals surface area contributed by atoms with E-state index in [1.54, 1.807) is 6.07 Å². The molecule has 0 unspecified atom stereocenters. The molecule has 0 amide bonds. The van der Waals surface area contributed by atoms with E-state index in [0.717, 1.165) is 18.4 Å². The monoisotopic (exact) mass is 245 g/mol. The van der Waals surface area contributed by atoms with Gasteiger partial charge >= 0.3 is 0 Å². The van der Waals surface area contributed by atoms with Crippen molar-refractivity contribution in [2.75, 3.05) is 13.2 Å². The maximum absolute atomic E-state index is 6.33. The molecule has 2 rings (SSSR count). The molecule has 1 fully saturated rings. The number of hydrogen-bond acceptors (Lipinski definition) is 2. The molecule has 0 aliphatic carbocycles. The van der Waals surface area contributed by atoms with Crippen LogP contribution in [0.5, 0.6) is 0 Å². The maximum atomic E-state index is 6.33. The predicted octanol–water partition coefficient (Wildman–Crippen LogP) is 2.96.